The fraction of sp³-hybridized carbons (Fsp3) is 0.500. The first-order valence-electron chi connectivity index (χ1n) is 5.28. The molecule has 0 bridgehead atoms. The Balaban J connectivity index is 2.34. The molecule has 1 unspecified atom stereocenters. The molecule has 1 heterocycles. The molecule has 1 N–H and O–H groups in total. The van der Waals surface area contributed by atoms with Gasteiger partial charge in [-0.15, -0.1) is 0 Å². The first-order valence-corrected chi connectivity index (χ1v) is 5.28. The molecule has 0 saturated carbocycles. The van der Waals surface area contributed by atoms with E-state index < -0.39 is 0 Å². The van der Waals surface area contributed by atoms with Crippen LogP contribution in [0.1, 0.15) is 36.9 Å². The molecule has 1 aromatic rings. The normalized spacial score (nSPS) is 19.1. The van der Waals surface area contributed by atoms with Crippen molar-refractivity contribution < 1.29 is 9.57 Å². The molecular formula is C12H17NO2. The predicted octanol–water partition coefficient (Wildman–Crippen LogP) is 2.39. The Hall–Kier alpha value is -1.06. The molecule has 15 heavy (non-hydrogen) atoms. The predicted molar refractivity (Wildman–Crippen MR) is 58.9 cm³/mol. The minimum Gasteiger partial charge on any atom is -0.491 e. The van der Waals surface area contributed by atoms with Crippen molar-refractivity contribution in [3.05, 3.63) is 29.3 Å². The first-order chi connectivity index (χ1) is 7.24. The van der Waals surface area contributed by atoms with Gasteiger partial charge in [0.2, 0.25) is 0 Å². The smallest absolute Gasteiger partial charge is 0.127 e. The zero-order valence-electron chi connectivity index (χ0n) is 9.41. The second-order valence-electron chi connectivity index (χ2n) is 4.11. The van der Waals surface area contributed by atoms with Crippen LogP contribution in [0.15, 0.2) is 18.2 Å². The lowest BCUT2D eigenvalue weighted by atomic mass is 9.98. The number of hydrogen-bond acceptors (Lipinski definition) is 3. The van der Waals surface area contributed by atoms with Gasteiger partial charge in [0.25, 0.3) is 0 Å². The number of fused-ring (bicyclic) bond motifs is 1. The lowest BCUT2D eigenvalue weighted by Crippen LogP contribution is -2.20. The SMILES string of the molecule is CONC1COc2c(C(C)C)cccc21. The third-order valence-electron chi connectivity index (χ3n) is 2.73. The summed E-state index contributed by atoms with van der Waals surface area (Å²) in [5, 5.41) is 0. The highest BCUT2D eigenvalue weighted by Gasteiger charge is 2.26. The number of rotatable bonds is 3. The molecule has 1 aliphatic rings. The van der Waals surface area contributed by atoms with Gasteiger partial charge >= 0.3 is 0 Å². The Morgan fingerprint density at radius 3 is 2.93 bits per heavy atom. The van der Waals surface area contributed by atoms with E-state index in [9.17, 15) is 0 Å². The summed E-state index contributed by atoms with van der Waals surface area (Å²) in [5.41, 5.74) is 5.41. The summed E-state index contributed by atoms with van der Waals surface area (Å²) in [6.45, 7) is 5.00. The average Bonchev–Trinajstić information content (AvgIpc) is 2.62. The van der Waals surface area contributed by atoms with Crippen LogP contribution in [0.2, 0.25) is 0 Å². The zero-order chi connectivity index (χ0) is 10.8. The molecular weight excluding hydrogens is 190 g/mol. The largest absolute Gasteiger partial charge is 0.491 e. The van der Waals surface area contributed by atoms with Gasteiger partial charge in [0, 0.05) is 5.56 Å². The van der Waals surface area contributed by atoms with Gasteiger partial charge in [-0.05, 0) is 11.5 Å². The molecule has 0 aliphatic carbocycles. The number of nitrogens with one attached hydrogen (secondary N) is 1. The average molecular weight is 207 g/mol. The van der Waals surface area contributed by atoms with E-state index in [0.29, 0.717) is 12.5 Å². The molecule has 1 aliphatic heterocycles. The van der Waals surface area contributed by atoms with Crippen molar-refractivity contribution in [2.45, 2.75) is 25.8 Å². The summed E-state index contributed by atoms with van der Waals surface area (Å²) in [6.07, 6.45) is 0. The standard InChI is InChI=1S/C12H17NO2/c1-8(2)9-5-4-6-10-11(13-14-3)7-15-12(9)10/h4-6,8,11,13H,7H2,1-3H3. The molecule has 0 radical (unpaired) electrons. The number of hydroxylamine groups is 1. The highest BCUT2D eigenvalue weighted by Crippen LogP contribution is 2.38. The van der Waals surface area contributed by atoms with E-state index in [1.807, 2.05) is 0 Å². The van der Waals surface area contributed by atoms with Crippen molar-refractivity contribution in [2.24, 2.45) is 0 Å². The summed E-state index contributed by atoms with van der Waals surface area (Å²) in [7, 11) is 1.63. The Morgan fingerprint density at radius 1 is 1.47 bits per heavy atom. The van der Waals surface area contributed by atoms with Crippen LogP contribution in [0.5, 0.6) is 5.75 Å². The minimum atomic E-state index is 0.156. The van der Waals surface area contributed by atoms with Crippen LogP contribution in [0.25, 0.3) is 0 Å². The Kier molecular flexibility index (Phi) is 2.93. The van der Waals surface area contributed by atoms with Crippen LogP contribution in [0.4, 0.5) is 0 Å². The monoisotopic (exact) mass is 207 g/mol. The van der Waals surface area contributed by atoms with Crippen molar-refractivity contribution >= 4 is 0 Å². The van der Waals surface area contributed by atoms with Crippen LogP contribution in [-0.4, -0.2) is 13.7 Å². The minimum absolute atomic E-state index is 0.156. The van der Waals surface area contributed by atoms with Gasteiger partial charge in [0.15, 0.2) is 0 Å². The lowest BCUT2D eigenvalue weighted by Gasteiger charge is -2.11. The molecule has 0 fully saturated rings. The van der Waals surface area contributed by atoms with Gasteiger partial charge < -0.3 is 9.57 Å². The molecule has 3 nitrogen and oxygen atoms in total. The van der Waals surface area contributed by atoms with Gasteiger partial charge in [-0.2, -0.15) is 5.48 Å². The molecule has 1 atom stereocenters. The Morgan fingerprint density at radius 2 is 2.27 bits per heavy atom. The number of para-hydroxylation sites is 1. The Labute approximate surface area is 90.3 Å². The first kappa shape index (κ1) is 10.5. The molecule has 0 spiro atoms. The number of ether oxygens (including phenoxy) is 1. The summed E-state index contributed by atoms with van der Waals surface area (Å²) >= 11 is 0. The summed E-state index contributed by atoms with van der Waals surface area (Å²) in [6, 6.07) is 6.44. The maximum Gasteiger partial charge on any atom is 0.127 e. The summed E-state index contributed by atoms with van der Waals surface area (Å²) in [5.74, 6) is 1.52. The van der Waals surface area contributed by atoms with Crippen LogP contribution >= 0.6 is 0 Å². The van der Waals surface area contributed by atoms with Crippen LogP contribution in [0.3, 0.4) is 0 Å². The van der Waals surface area contributed by atoms with E-state index in [4.69, 9.17) is 9.57 Å². The highest BCUT2D eigenvalue weighted by atomic mass is 16.6. The molecule has 2 rings (SSSR count). The van der Waals surface area contributed by atoms with E-state index in [1.165, 1.54) is 11.1 Å². The van der Waals surface area contributed by atoms with Crippen LogP contribution in [0, 0.1) is 0 Å². The molecule has 1 aromatic carbocycles. The van der Waals surface area contributed by atoms with Crippen molar-refractivity contribution in [1.29, 1.82) is 0 Å². The maximum absolute atomic E-state index is 5.71. The number of hydrogen-bond donors (Lipinski definition) is 1. The summed E-state index contributed by atoms with van der Waals surface area (Å²) < 4.78 is 5.71. The highest BCUT2D eigenvalue weighted by molar-refractivity contribution is 5.47. The Bertz CT molecular complexity index is 349. The van der Waals surface area contributed by atoms with E-state index in [2.05, 4.69) is 37.5 Å². The van der Waals surface area contributed by atoms with E-state index in [-0.39, 0.29) is 6.04 Å². The fourth-order valence-corrected chi connectivity index (χ4v) is 1.97. The van der Waals surface area contributed by atoms with Crippen molar-refractivity contribution in [3.8, 4) is 5.75 Å². The topological polar surface area (TPSA) is 30.5 Å². The molecule has 0 aromatic heterocycles. The van der Waals surface area contributed by atoms with E-state index in [0.717, 1.165) is 5.75 Å². The zero-order valence-corrected chi connectivity index (χ0v) is 9.41. The third kappa shape index (κ3) is 1.85. The van der Waals surface area contributed by atoms with E-state index >= 15 is 0 Å². The quantitative estimate of drug-likeness (QED) is 0.772. The van der Waals surface area contributed by atoms with Gasteiger partial charge in [0.05, 0.1) is 13.2 Å². The lowest BCUT2D eigenvalue weighted by molar-refractivity contribution is 0.0535. The van der Waals surface area contributed by atoms with E-state index in [1.54, 1.807) is 7.11 Å². The second kappa shape index (κ2) is 4.21. The summed E-state index contributed by atoms with van der Waals surface area (Å²) in [4.78, 5) is 4.95. The van der Waals surface area contributed by atoms with Gasteiger partial charge in [-0.3, -0.25) is 0 Å². The third-order valence-corrected chi connectivity index (χ3v) is 2.73. The van der Waals surface area contributed by atoms with Crippen molar-refractivity contribution in [1.82, 2.24) is 5.48 Å². The molecule has 0 amide bonds. The number of benzene rings is 1. The molecule has 0 saturated heterocycles. The van der Waals surface area contributed by atoms with Gasteiger partial charge in [-0.25, -0.2) is 0 Å². The van der Waals surface area contributed by atoms with Crippen molar-refractivity contribution in [2.75, 3.05) is 13.7 Å². The molecule has 3 heteroatoms. The van der Waals surface area contributed by atoms with Crippen molar-refractivity contribution in [3.63, 3.8) is 0 Å². The van der Waals surface area contributed by atoms with Gasteiger partial charge in [0.1, 0.15) is 12.4 Å². The fourth-order valence-electron chi connectivity index (χ4n) is 1.97. The second-order valence-corrected chi connectivity index (χ2v) is 4.11. The molecule has 82 valence electrons. The van der Waals surface area contributed by atoms with Crippen LogP contribution < -0.4 is 10.2 Å². The van der Waals surface area contributed by atoms with Gasteiger partial charge in [-0.1, -0.05) is 32.0 Å². The van der Waals surface area contributed by atoms with Crippen LogP contribution in [-0.2, 0) is 4.84 Å². The maximum atomic E-state index is 5.71.